The highest BCUT2D eigenvalue weighted by molar-refractivity contribution is 7.16. The molecule has 0 saturated carbocycles. The summed E-state index contributed by atoms with van der Waals surface area (Å²) in [5, 5.41) is 9.82. The van der Waals surface area contributed by atoms with Gasteiger partial charge < -0.3 is 10.1 Å². The molecule has 4 heteroatoms. The molecule has 0 fully saturated rings. The molecule has 0 saturated heterocycles. The monoisotopic (exact) mass is 223 g/mol. The Balaban J connectivity index is 2.76. The van der Waals surface area contributed by atoms with Gasteiger partial charge in [0.1, 0.15) is 0 Å². The molecule has 3 nitrogen and oxygen atoms in total. The maximum absolute atomic E-state index is 11.3. The molecule has 0 aliphatic heterocycles. The molecule has 1 unspecified atom stereocenters. The number of hydrogen-bond donors (Lipinski definition) is 2. The summed E-state index contributed by atoms with van der Waals surface area (Å²) < 4.78 is 0.884. The van der Waals surface area contributed by atoms with Crippen molar-refractivity contribution in [2.24, 2.45) is 0 Å². The molecule has 0 amide bonds. The number of aromatic nitrogens is 1. The number of hydrogen-bond acceptors (Lipinski definition) is 3. The summed E-state index contributed by atoms with van der Waals surface area (Å²) >= 11 is 1.17. The van der Waals surface area contributed by atoms with Crippen LogP contribution < -0.4 is 4.87 Å². The van der Waals surface area contributed by atoms with E-state index in [0.717, 1.165) is 21.3 Å². The number of H-pyrrole nitrogens is 1. The third kappa shape index (κ3) is 1.70. The smallest absolute Gasteiger partial charge is 0.305 e. The van der Waals surface area contributed by atoms with Crippen LogP contribution >= 0.6 is 11.3 Å². The van der Waals surface area contributed by atoms with Gasteiger partial charge in [-0.05, 0) is 24.5 Å². The van der Waals surface area contributed by atoms with Crippen LogP contribution in [0.4, 0.5) is 0 Å². The van der Waals surface area contributed by atoms with Crippen LogP contribution in [0.2, 0.25) is 0 Å². The number of nitrogens with one attached hydrogen (secondary N) is 1. The summed E-state index contributed by atoms with van der Waals surface area (Å²) in [7, 11) is 0. The highest BCUT2D eigenvalue weighted by Gasteiger charge is 2.13. The van der Waals surface area contributed by atoms with Crippen LogP contribution in [0, 0.1) is 6.92 Å². The first-order valence-electron chi connectivity index (χ1n) is 4.94. The van der Waals surface area contributed by atoms with E-state index in [0.29, 0.717) is 6.42 Å². The van der Waals surface area contributed by atoms with Crippen molar-refractivity contribution in [1.29, 1.82) is 0 Å². The molecule has 0 bridgehead atoms. The van der Waals surface area contributed by atoms with Gasteiger partial charge in [0.2, 0.25) is 0 Å². The van der Waals surface area contributed by atoms with Crippen molar-refractivity contribution in [3.05, 3.63) is 32.9 Å². The number of aryl methyl sites for hydroxylation is 1. The molecule has 2 N–H and O–H groups in total. The Morgan fingerprint density at radius 3 is 2.93 bits per heavy atom. The van der Waals surface area contributed by atoms with E-state index >= 15 is 0 Å². The fourth-order valence-corrected chi connectivity index (χ4v) is 2.64. The quantitative estimate of drug-likeness (QED) is 0.821. The van der Waals surface area contributed by atoms with E-state index in [4.69, 9.17) is 0 Å². The van der Waals surface area contributed by atoms with Gasteiger partial charge in [0.25, 0.3) is 0 Å². The second-order valence-electron chi connectivity index (χ2n) is 3.61. The van der Waals surface area contributed by atoms with Crippen molar-refractivity contribution in [1.82, 2.24) is 4.98 Å². The minimum atomic E-state index is -0.487. The number of benzene rings is 1. The van der Waals surface area contributed by atoms with E-state index in [1.165, 1.54) is 11.3 Å². The number of aliphatic hydroxyl groups excluding tert-OH is 1. The average molecular weight is 223 g/mol. The molecule has 1 atom stereocenters. The molecule has 0 radical (unpaired) electrons. The van der Waals surface area contributed by atoms with Crippen LogP contribution in [0.15, 0.2) is 16.9 Å². The Morgan fingerprint density at radius 2 is 2.27 bits per heavy atom. The number of thiazole rings is 1. The first-order valence-corrected chi connectivity index (χ1v) is 5.75. The Kier molecular flexibility index (Phi) is 2.63. The normalized spacial score (nSPS) is 13.3. The molecular formula is C11H13NO2S. The lowest BCUT2D eigenvalue weighted by Crippen LogP contribution is -1.95. The zero-order chi connectivity index (χ0) is 11.0. The van der Waals surface area contributed by atoms with Gasteiger partial charge >= 0.3 is 4.87 Å². The predicted octanol–water partition coefficient (Wildman–Crippen LogP) is 2.34. The molecule has 15 heavy (non-hydrogen) atoms. The molecule has 0 aliphatic carbocycles. The molecule has 0 aliphatic rings. The summed E-state index contributed by atoms with van der Waals surface area (Å²) in [6.07, 6.45) is 0.170. The molecule has 1 aromatic heterocycles. The van der Waals surface area contributed by atoms with Gasteiger partial charge in [0, 0.05) is 0 Å². The Hall–Kier alpha value is -1.13. The second kappa shape index (κ2) is 3.79. The average Bonchev–Trinajstić information content (AvgIpc) is 2.60. The Morgan fingerprint density at radius 1 is 1.53 bits per heavy atom. The molecule has 2 rings (SSSR count). The van der Waals surface area contributed by atoms with Crippen molar-refractivity contribution in [3.63, 3.8) is 0 Å². The Labute approximate surface area is 91.4 Å². The van der Waals surface area contributed by atoms with Gasteiger partial charge in [-0.25, -0.2) is 0 Å². The van der Waals surface area contributed by atoms with Gasteiger partial charge in [-0.2, -0.15) is 0 Å². The van der Waals surface area contributed by atoms with Crippen LogP contribution in [0.1, 0.15) is 30.6 Å². The summed E-state index contributed by atoms with van der Waals surface area (Å²) in [5.74, 6) is 0. The van der Waals surface area contributed by atoms with Crippen LogP contribution in [0.25, 0.3) is 10.2 Å². The van der Waals surface area contributed by atoms with E-state index in [1.807, 2.05) is 26.0 Å². The van der Waals surface area contributed by atoms with Crippen molar-refractivity contribution in [2.45, 2.75) is 26.4 Å². The first kappa shape index (κ1) is 10.4. The van der Waals surface area contributed by atoms with Crippen LogP contribution in [-0.2, 0) is 0 Å². The Bertz CT molecular complexity index is 541. The maximum atomic E-state index is 11.3. The largest absolute Gasteiger partial charge is 0.388 e. The van der Waals surface area contributed by atoms with Crippen LogP contribution in [0.3, 0.4) is 0 Å². The van der Waals surface area contributed by atoms with E-state index in [1.54, 1.807) is 0 Å². The number of fused-ring (bicyclic) bond motifs is 1. The lowest BCUT2D eigenvalue weighted by atomic mass is 10.0. The van der Waals surface area contributed by atoms with E-state index in [2.05, 4.69) is 4.98 Å². The fourth-order valence-electron chi connectivity index (χ4n) is 1.67. The van der Waals surface area contributed by atoms with E-state index in [-0.39, 0.29) is 4.87 Å². The molecule has 1 aromatic carbocycles. The molecule has 2 aromatic rings. The lowest BCUT2D eigenvalue weighted by Gasteiger charge is -2.09. The maximum Gasteiger partial charge on any atom is 0.305 e. The van der Waals surface area contributed by atoms with Gasteiger partial charge in [0.05, 0.1) is 16.3 Å². The summed E-state index contributed by atoms with van der Waals surface area (Å²) in [5.41, 5.74) is 2.74. The summed E-state index contributed by atoms with van der Waals surface area (Å²) in [6, 6.07) is 3.83. The standard InChI is InChI=1S/C11H13NO2S/c1-3-8(13)7-5-4-6(2)9-10(7)15-11(14)12-9/h4-5,8,13H,3H2,1-2H3,(H,12,14). The summed E-state index contributed by atoms with van der Waals surface area (Å²) in [6.45, 7) is 3.87. The topological polar surface area (TPSA) is 53.1 Å². The van der Waals surface area contributed by atoms with E-state index in [9.17, 15) is 9.90 Å². The number of aliphatic hydroxyl groups is 1. The van der Waals surface area contributed by atoms with Crippen molar-refractivity contribution < 1.29 is 5.11 Å². The molecular weight excluding hydrogens is 210 g/mol. The highest BCUT2D eigenvalue weighted by atomic mass is 32.1. The first-order chi connectivity index (χ1) is 7.13. The van der Waals surface area contributed by atoms with Crippen molar-refractivity contribution in [3.8, 4) is 0 Å². The fraction of sp³-hybridized carbons (Fsp3) is 0.364. The van der Waals surface area contributed by atoms with Crippen LogP contribution in [-0.4, -0.2) is 10.1 Å². The van der Waals surface area contributed by atoms with Crippen molar-refractivity contribution >= 4 is 21.6 Å². The van der Waals surface area contributed by atoms with Gasteiger partial charge in [-0.1, -0.05) is 30.4 Å². The zero-order valence-corrected chi connectivity index (χ0v) is 9.52. The number of rotatable bonds is 2. The molecule has 80 valence electrons. The van der Waals surface area contributed by atoms with Crippen LogP contribution in [0.5, 0.6) is 0 Å². The zero-order valence-electron chi connectivity index (χ0n) is 8.70. The van der Waals surface area contributed by atoms with Crippen molar-refractivity contribution in [2.75, 3.05) is 0 Å². The van der Waals surface area contributed by atoms with Gasteiger partial charge in [-0.3, -0.25) is 4.79 Å². The second-order valence-corrected chi connectivity index (χ2v) is 4.60. The predicted molar refractivity (Wildman–Crippen MR) is 62.4 cm³/mol. The summed E-state index contributed by atoms with van der Waals surface area (Å²) in [4.78, 5) is 14.0. The highest BCUT2D eigenvalue weighted by Crippen LogP contribution is 2.28. The SMILES string of the molecule is CCC(O)c1ccc(C)c2[nH]c(=O)sc12. The molecule has 0 spiro atoms. The van der Waals surface area contributed by atoms with E-state index < -0.39 is 6.10 Å². The number of aromatic amines is 1. The molecule has 1 heterocycles. The third-order valence-electron chi connectivity index (χ3n) is 2.56. The minimum absolute atomic E-state index is 0.0659. The third-order valence-corrected chi connectivity index (χ3v) is 3.50. The lowest BCUT2D eigenvalue weighted by molar-refractivity contribution is 0.175. The minimum Gasteiger partial charge on any atom is -0.388 e. The van der Waals surface area contributed by atoms with Gasteiger partial charge in [-0.15, -0.1) is 0 Å². The van der Waals surface area contributed by atoms with Gasteiger partial charge in [0.15, 0.2) is 0 Å².